The first-order valence-electron chi connectivity index (χ1n) is 7.19. The summed E-state index contributed by atoms with van der Waals surface area (Å²) in [6, 6.07) is 3.72. The van der Waals surface area contributed by atoms with Crippen LogP contribution < -0.4 is 0 Å². The molecule has 1 atom stereocenters. The molecule has 8 heteroatoms. The minimum atomic E-state index is 0.0318. The first kappa shape index (κ1) is 16.1. The molecule has 23 heavy (non-hydrogen) atoms. The van der Waals surface area contributed by atoms with Gasteiger partial charge in [0.1, 0.15) is 11.1 Å². The molecule has 0 aliphatic carbocycles. The monoisotopic (exact) mass is 348 g/mol. The molecule has 0 saturated heterocycles. The second kappa shape index (κ2) is 7.67. The third-order valence-electron chi connectivity index (χ3n) is 2.99. The van der Waals surface area contributed by atoms with Gasteiger partial charge in [-0.1, -0.05) is 11.8 Å². The van der Waals surface area contributed by atoms with Crippen LogP contribution in [-0.4, -0.2) is 26.8 Å². The van der Waals surface area contributed by atoms with Crippen LogP contribution >= 0.6 is 23.1 Å². The van der Waals surface area contributed by atoms with Gasteiger partial charge in [0.2, 0.25) is 5.89 Å². The van der Waals surface area contributed by atoms with Gasteiger partial charge in [0.15, 0.2) is 0 Å². The van der Waals surface area contributed by atoms with Gasteiger partial charge in [-0.3, -0.25) is 4.98 Å². The maximum atomic E-state index is 5.64. The molecule has 0 bridgehead atoms. The molecule has 3 aromatic rings. The van der Waals surface area contributed by atoms with Crippen molar-refractivity contribution in [1.82, 2.24) is 20.2 Å². The van der Waals surface area contributed by atoms with E-state index < -0.39 is 0 Å². The third kappa shape index (κ3) is 4.15. The molecular formula is C15H16N4O2S2. The van der Waals surface area contributed by atoms with Crippen molar-refractivity contribution in [3.05, 3.63) is 40.6 Å². The van der Waals surface area contributed by atoms with E-state index in [-0.39, 0.29) is 6.10 Å². The molecule has 3 rings (SSSR count). The molecule has 0 N–H and O–H groups in total. The highest BCUT2D eigenvalue weighted by atomic mass is 32.2. The van der Waals surface area contributed by atoms with E-state index in [1.807, 2.05) is 31.4 Å². The number of hydrogen-bond acceptors (Lipinski definition) is 8. The topological polar surface area (TPSA) is 73.9 Å². The predicted molar refractivity (Wildman–Crippen MR) is 89.2 cm³/mol. The molecule has 0 radical (unpaired) electrons. The van der Waals surface area contributed by atoms with Gasteiger partial charge >= 0.3 is 0 Å². The Morgan fingerprint density at radius 2 is 2.30 bits per heavy atom. The fraction of sp³-hybridized carbons (Fsp3) is 0.333. The molecule has 6 nitrogen and oxygen atoms in total. The SMILES string of the molecule is CCOC(C)c1nc(CSc2nnc(-c3cccnc3)o2)cs1. The van der Waals surface area contributed by atoms with E-state index in [0.29, 0.717) is 23.5 Å². The Hall–Kier alpha value is -1.77. The minimum Gasteiger partial charge on any atom is -0.411 e. The highest BCUT2D eigenvalue weighted by Gasteiger charge is 2.13. The number of ether oxygens (including phenoxy) is 1. The summed E-state index contributed by atoms with van der Waals surface area (Å²) in [5, 5.41) is 11.6. The molecule has 0 aromatic carbocycles. The number of thiazole rings is 1. The van der Waals surface area contributed by atoms with E-state index >= 15 is 0 Å². The lowest BCUT2D eigenvalue weighted by Gasteiger charge is -2.06. The van der Waals surface area contributed by atoms with Gasteiger partial charge in [-0.05, 0) is 26.0 Å². The van der Waals surface area contributed by atoms with Crippen LogP contribution in [-0.2, 0) is 10.5 Å². The van der Waals surface area contributed by atoms with Gasteiger partial charge in [0.25, 0.3) is 5.22 Å². The van der Waals surface area contributed by atoms with Crippen molar-refractivity contribution in [2.45, 2.75) is 30.9 Å². The quantitative estimate of drug-likeness (QED) is 0.598. The highest BCUT2D eigenvalue weighted by Crippen LogP contribution is 2.27. The van der Waals surface area contributed by atoms with Crippen LogP contribution in [0.15, 0.2) is 39.5 Å². The maximum Gasteiger partial charge on any atom is 0.277 e. The zero-order valence-electron chi connectivity index (χ0n) is 12.8. The Bertz CT molecular complexity index is 745. The van der Waals surface area contributed by atoms with Crippen LogP contribution in [0, 0.1) is 0 Å². The number of pyridine rings is 1. The van der Waals surface area contributed by atoms with E-state index in [9.17, 15) is 0 Å². The summed E-state index contributed by atoms with van der Waals surface area (Å²) in [6.07, 6.45) is 3.44. The summed E-state index contributed by atoms with van der Waals surface area (Å²) in [7, 11) is 0. The Labute approximate surface area is 142 Å². The fourth-order valence-corrected chi connectivity index (χ4v) is 3.49. The summed E-state index contributed by atoms with van der Waals surface area (Å²) in [5.41, 5.74) is 1.80. The summed E-state index contributed by atoms with van der Waals surface area (Å²) in [5.74, 6) is 1.16. The van der Waals surface area contributed by atoms with Crippen molar-refractivity contribution in [3.63, 3.8) is 0 Å². The second-order valence-corrected chi connectivity index (χ2v) is 6.49. The van der Waals surface area contributed by atoms with E-state index in [4.69, 9.17) is 9.15 Å². The van der Waals surface area contributed by atoms with Gasteiger partial charge < -0.3 is 9.15 Å². The van der Waals surface area contributed by atoms with Crippen molar-refractivity contribution < 1.29 is 9.15 Å². The summed E-state index contributed by atoms with van der Waals surface area (Å²) >= 11 is 3.08. The Morgan fingerprint density at radius 1 is 1.39 bits per heavy atom. The largest absolute Gasteiger partial charge is 0.411 e. The van der Waals surface area contributed by atoms with E-state index in [1.54, 1.807) is 23.7 Å². The zero-order valence-corrected chi connectivity index (χ0v) is 14.4. The minimum absolute atomic E-state index is 0.0318. The summed E-state index contributed by atoms with van der Waals surface area (Å²) in [6.45, 7) is 4.68. The number of rotatable bonds is 7. The van der Waals surface area contributed by atoms with Crippen LogP contribution in [0.3, 0.4) is 0 Å². The van der Waals surface area contributed by atoms with Crippen LogP contribution in [0.1, 0.15) is 30.7 Å². The van der Waals surface area contributed by atoms with Crippen LogP contribution in [0.4, 0.5) is 0 Å². The van der Waals surface area contributed by atoms with E-state index in [1.165, 1.54) is 11.8 Å². The van der Waals surface area contributed by atoms with Crippen LogP contribution in [0.25, 0.3) is 11.5 Å². The van der Waals surface area contributed by atoms with Crippen LogP contribution in [0.2, 0.25) is 0 Å². The van der Waals surface area contributed by atoms with Crippen molar-refractivity contribution >= 4 is 23.1 Å². The van der Waals surface area contributed by atoms with Gasteiger partial charge in [-0.15, -0.1) is 21.5 Å². The first-order valence-corrected chi connectivity index (χ1v) is 9.05. The average molecular weight is 348 g/mol. The van der Waals surface area contributed by atoms with Gasteiger partial charge in [0.05, 0.1) is 11.3 Å². The highest BCUT2D eigenvalue weighted by molar-refractivity contribution is 7.98. The molecule has 3 aromatic heterocycles. The van der Waals surface area contributed by atoms with Crippen molar-refractivity contribution in [2.24, 2.45) is 0 Å². The molecule has 120 valence electrons. The fourth-order valence-electron chi connectivity index (χ4n) is 1.91. The number of aromatic nitrogens is 4. The van der Waals surface area contributed by atoms with E-state index in [2.05, 4.69) is 20.2 Å². The predicted octanol–water partition coefficient (Wildman–Crippen LogP) is 3.98. The number of hydrogen-bond donors (Lipinski definition) is 0. The smallest absolute Gasteiger partial charge is 0.277 e. The normalized spacial score (nSPS) is 12.4. The Morgan fingerprint density at radius 3 is 3.09 bits per heavy atom. The maximum absolute atomic E-state index is 5.64. The number of thioether (sulfide) groups is 1. The molecule has 0 saturated carbocycles. The summed E-state index contributed by atoms with van der Waals surface area (Å²) < 4.78 is 11.2. The number of nitrogens with zero attached hydrogens (tertiary/aromatic N) is 4. The van der Waals surface area contributed by atoms with Crippen LogP contribution in [0.5, 0.6) is 0 Å². The molecule has 0 aliphatic heterocycles. The average Bonchev–Trinajstić information content (AvgIpc) is 3.23. The van der Waals surface area contributed by atoms with Crippen molar-refractivity contribution in [2.75, 3.05) is 6.61 Å². The lowest BCUT2D eigenvalue weighted by Crippen LogP contribution is -1.98. The van der Waals surface area contributed by atoms with Crippen molar-refractivity contribution in [1.29, 1.82) is 0 Å². The lowest BCUT2D eigenvalue weighted by molar-refractivity contribution is 0.0761. The first-order chi connectivity index (χ1) is 11.3. The molecule has 0 aliphatic rings. The van der Waals surface area contributed by atoms with Gasteiger partial charge in [-0.25, -0.2) is 4.98 Å². The molecule has 1 unspecified atom stereocenters. The zero-order chi connectivity index (χ0) is 16.1. The molecule has 0 amide bonds. The molecule has 0 fully saturated rings. The van der Waals surface area contributed by atoms with Gasteiger partial charge in [0, 0.05) is 30.1 Å². The molecule has 3 heterocycles. The molecule has 0 spiro atoms. The molecular weight excluding hydrogens is 332 g/mol. The summed E-state index contributed by atoms with van der Waals surface area (Å²) in [4.78, 5) is 8.62. The lowest BCUT2D eigenvalue weighted by atomic mass is 10.3. The third-order valence-corrected chi connectivity index (χ3v) is 4.90. The second-order valence-electron chi connectivity index (χ2n) is 4.68. The van der Waals surface area contributed by atoms with E-state index in [0.717, 1.165) is 16.3 Å². The Kier molecular flexibility index (Phi) is 5.37. The van der Waals surface area contributed by atoms with Crippen molar-refractivity contribution in [3.8, 4) is 11.5 Å². The van der Waals surface area contributed by atoms with Gasteiger partial charge in [-0.2, -0.15) is 0 Å². The Balaban J connectivity index is 1.60. The standard InChI is InChI=1S/C15H16N4O2S2/c1-3-20-10(2)14-17-12(8-22-14)9-23-15-19-18-13(21-15)11-5-4-6-16-7-11/h4-8,10H,3,9H2,1-2H3.